The van der Waals surface area contributed by atoms with Crippen molar-refractivity contribution < 1.29 is 9.18 Å². The van der Waals surface area contributed by atoms with Gasteiger partial charge >= 0.3 is 0 Å². The van der Waals surface area contributed by atoms with Crippen LogP contribution in [-0.2, 0) is 0 Å². The number of benzene rings is 1. The summed E-state index contributed by atoms with van der Waals surface area (Å²) in [5, 5.41) is 15.4. The fourth-order valence-corrected chi connectivity index (χ4v) is 3.99. The van der Waals surface area contributed by atoms with Crippen LogP contribution >= 0.6 is 0 Å². The number of halogens is 1. The van der Waals surface area contributed by atoms with Gasteiger partial charge in [-0.25, -0.2) is 9.37 Å². The minimum absolute atomic E-state index is 0.0379. The fraction of sp³-hybridized carbons (Fsp3) is 0.435. The van der Waals surface area contributed by atoms with Crippen molar-refractivity contribution in [2.24, 2.45) is 5.92 Å². The van der Waals surface area contributed by atoms with Crippen LogP contribution in [0, 0.1) is 36.9 Å². The first-order valence-corrected chi connectivity index (χ1v) is 10.2. The molecule has 1 unspecified atom stereocenters. The van der Waals surface area contributed by atoms with Crippen LogP contribution in [0.5, 0.6) is 0 Å². The van der Waals surface area contributed by atoms with Crippen molar-refractivity contribution in [3.05, 3.63) is 58.7 Å². The van der Waals surface area contributed by atoms with E-state index in [9.17, 15) is 9.18 Å². The molecule has 6 heteroatoms. The van der Waals surface area contributed by atoms with Gasteiger partial charge in [-0.2, -0.15) is 5.26 Å². The van der Waals surface area contributed by atoms with Gasteiger partial charge in [0.25, 0.3) is 5.91 Å². The molecule has 152 valence electrons. The molecule has 1 fully saturated rings. The number of nitrogens with one attached hydrogen (secondary N) is 2. The molecule has 1 aliphatic carbocycles. The maximum Gasteiger partial charge on any atom is 0.251 e. The number of anilines is 1. The zero-order chi connectivity index (χ0) is 20.8. The van der Waals surface area contributed by atoms with Gasteiger partial charge in [-0.3, -0.25) is 4.79 Å². The van der Waals surface area contributed by atoms with Crippen LogP contribution in [0.3, 0.4) is 0 Å². The second kappa shape index (κ2) is 9.51. The molecule has 0 spiro atoms. The van der Waals surface area contributed by atoms with Crippen LogP contribution in [0.2, 0.25) is 0 Å². The average molecular weight is 394 g/mol. The van der Waals surface area contributed by atoms with E-state index in [0.29, 0.717) is 34.8 Å². The number of hydrogen-bond acceptors (Lipinski definition) is 4. The highest BCUT2D eigenvalue weighted by Gasteiger charge is 2.26. The fourth-order valence-electron chi connectivity index (χ4n) is 3.99. The van der Waals surface area contributed by atoms with Gasteiger partial charge in [-0.05, 0) is 68.0 Å². The van der Waals surface area contributed by atoms with Crippen molar-refractivity contribution in [1.29, 1.82) is 5.26 Å². The SMILES string of the molecule is Cc1cc(C(=O)NC(CNc2ccc(C#N)nc2)C2CCCCC2)cc(C)c1F. The van der Waals surface area contributed by atoms with Crippen molar-refractivity contribution in [2.45, 2.75) is 52.0 Å². The second-order valence-electron chi connectivity index (χ2n) is 7.83. The Morgan fingerprint density at radius 1 is 1.24 bits per heavy atom. The highest BCUT2D eigenvalue weighted by atomic mass is 19.1. The Morgan fingerprint density at radius 2 is 1.93 bits per heavy atom. The first-order chi connectivity index (χ1) is 14.0. The molecule has 29 heavy (non-hydrogen) atoms. The van der Waals surface area contributed by atoms with Gasteiger partial charge in [0.1, 0.15) is 17.6 Å². The van der Waals surface area contributed by atoms with Crippen LogP contribution < -0.4 is 10.6 Å². The number of aryl methyl sites for hydroxylation is 2. The number of nitriles is 1. The van der Waals surface area contributed by atoms with Gasteiger partial charge in [-0.1, -0.05) is 19.3 Å². The number of carbonyl (C=O) groups excluding carboxylic acids is 1. The summed E-state index contributed by atoms with van der Waals surface area (Å²) in [4.78, 5) is 17.0. The lowest BCUT2D eigenvalue weighted by atomic mass is 9.83. The predicted octanol–water partition coefficient (Wildman–Crippen LogP) is 4.50. The molecule has 1 aliphatic rings. The van der Waals surface area contributed by atoms with Crippen LogP contribution in [0.4, 0.5) is 10.1 Å². The van der Waals surface area contributed by atoms with Crippen molar-refractivity contribution in [1.82, 2.24) is 10.3 Å². The Balaban J connectivity index is 1.72. The maximum atomic E-state index is 13.9. The molecule has 0 bridgehead atoms. The van der Waals surface area contributed by atoms with Crippen molar-refractivity contribution >= 4 is 11.6 Å². The zero-order valence-corrected chi connectivity index (χ0v) is 17.0. The first-order valence-electron chi connectivity index (χ1n) is 10.2. The van der Waals surface area contributed by atoms with E-state index in [0.717, 1.165) is 18.5 Å². The molecule has 5 nitrogen and oxygen atoms in total. The first kappa shape index (κ1) is 20.8. The lowest BCUT2D eigenvalue weighted by Crippen LogP contribution is -2.45. The molecule has 1 heterocycles. The Kier molecular flexibility index (Phi) is 6.82. The van der Waals surface area contributed by atoms with E-state index in [2.05, 4.69) is 15.6 Å². The van der Waals surface area contributed by atoms with E-state index < -0.39 is 0 Å². The van der Waals surface area contributed by atoms with E-state index >= 15 is 0 Å². The topological polar surface area (TPSA) is 77.8 Å². The second-order valence-corrected chi connectivity index (χ2v) is 7.83. The molecule has 0 saturated heterocycles. The minimum atomic E-state index is -0.264. The maximum absolute atomic E-state index is 13.9. The van der Waals surface area contributed by atoms with Gasteiger partial charge in [0.05, 0.1) is 11.9 Å². The van der Waals surface area contributed by atoms with Gasteiger partial charge < -0.3 is 10.6 Å². The van der Waals surface area contributed by atoms with Crippen molar-refractivity contribution in [3.63, 3.8) is 0 Å². The summed E-state index contributed by atoms with van der Waals surface area (Å²) in [5.74, 6) is -0.0407. The Bertz CT molecular complexity index is 875. The van der Waals surface area contributed by atoms with E-state index in [-0.39, 0.29) is 17.8 Å². The molecule has 1 atom stereocenters. The normalized spacial score (nSPS) is 15.4. The van der Waals surface area contributed by atoms with Crippen LogP contribution in [0.15, 0.2) is 30.5 Å². The lowest BCUT2D eigenvalue weighted by Gasteiger charge is -2.31. The van der Waals surface area contributed by atoms with Gasteiger partial charge in [0, 0.05) is 18.2 Å². The number of nitrogens with zero attached hydrogens (tertiary/aromatic N) is 2. The quantitative estimate of drug-likeness (QED) is 0.756. The molecule has 0 aliphatic heterocycles. The van der Waals surface area contributed by atoms with Crippen LogP contribution in [0.25, 0.3) is 0 Å². The van der Waals surface area contributed by atoms with E-state index in [1.807, 2.05) is 12.1 Å². The summed E-state index contributed by atoms with van der Waals surface area (Å²) in [5.41, 5.74) is 2.63. The smallest absolute Gasteiger partial charge is 0.251 e. The summed E-state index contributed by atoms with van der Waals surface area (Å²) in [6.45, 7) is 3.93. The summed E-state index contributed by atoms with van der Waals surface area (Å²) < 4.78 is 13.9. The summed E-state index contributed by atoms with van der Waals surface area (Å²) in [6, 6.07) is 8.66. The number of carbonyl (C=O) groups is 1. The highest BCUT2D eigenvalue weighted by molar-refractivity contribution is 5.94. The molecule has 2 aromatic rings. The number of rotatable bonds is 6. The molecule has 0 radical (unpaired) electrons. The largest absolute Gasteiger partial charge is 0.382 e. The Hall–Kier alpha value is -2.94. The van der Waals surface area contributed by atoms with Crippen molar-refractivity contribution in [2.75, 3.05) is 11.9 Å². The standard InChI is InChI=1S/C23H27FN4O/c1-15-10-18(11-16(2)22(15)24)23(29)28-21(17-6-4-3-5-7-17)14-27-20-9-8-19(12-25)26-13-20/h8-11,13,17,21,27H,3-7,14H2,1-2H3,(H,28,29). The number of hydrogen-bond donors (Lipinski definition) is 2. The Morgan fingerprint density at radius 3 is 2.52 bits per heavy atom. The minimum Gasteiger partial charge on any atom is -0.382 e. The monoisotopic (exact) mass is 394 g/mol. The highest BCUT2D eigenvalue weighted by Crippen LogP contribution is 2.27. The molecule has 1 aromatic carbocycles. The van der Waals surface area contributed by atoms with E-state index in [1.54, 1.807) is 38.2 Å². The summed E-state index contributed by atoms with van der Waals surface area (Å²) >= 11 is 0. The molecule has 1 aromatic heterocycles. The van der Waals surface area contributed by atoms with E-state index in [1.165, 1.54) is 19.3 Å². The van der Waals surface area contributed by atoms with Crippen LogP contribution in [0.1, 0.15) is 59.3 Å². The van der Waals surface area contributed by atoms with Crippen LogP contribution in [-0.4, -0.2) is 23.5 Å². The Labute approximate surface area is 171 Å². The molecular weight excluding hydrogens is 367 g/mol. The third-order valence-corrected chi connectivity index (χ3v) is 5.64. The molecular formula is C23H27FN4O. The van der Waals surface area contributed by atoms with Gasteiger partial charge in [0.2, 0.25) is 0 Å². The van der Waals surface area contributed by atoms with E-state index in [4.69, 9.17) is 5.26 Å². The summed E-state index contributed by atoms with van der Waals surface area (Å²) in [6.07, 6.45) is 7.37. The molecule has 2 N–H and O–H groups in total. The van der Waals surface area contributed by atoms with Gasteiger partial charge in [-0.15, -0.1) is 0 Å². The molecule has 1 saturated carbocycles. The van der Waals surface area contributed by atoms with Crippen molar-refractivity contribution in [3.8, 4) is 6.07 Å². The predicted molar refractivity (Wildman–Crippen MR) is 111 cm³/mol. The molecule has 1 amide bonds. The third kappa shape index (κ3) is 5.32. The zero-order valence-electron chi connectivity index (χ0n) is 17.0. The number of amides is 1. The number of pyridine rings is 1. The average Bonchev–Trinajstić information content (AvgIpc) is 2.75. The third-order valence-electron chi connectivity index (χ3n) is 5.64. The molecule has 3 rings (SSSR count). The summed E-state index contributed by atoms with van der Waals surface area (Å²) in [7, 11) is 0. The number of aromatic nitrogens is 1. The lowest BCUT2D eigenvalue weighted by molar-refractivity contribution is 0.0917. The van der Waals surface area contributed by atoms with Gasteiger partial charge in [0.15, 0.2) is 0 Å².